The van der Waals surface area contributed by atoms with Crippen LogP contribution in [0.25, 0.3) is 0 Å². The first-order valence-corrected chi connectivity index (χ1v) is 33.6. The van der Waals surface area contributed by atoms with Crippen LogP contribution in [-0.4, -0.2) is 52.0 Å². The first-order valence-electron chi connectivity index (χ1n) is 33.6. The Hall–Kier alpha value is -5.57. The lowest BCUT2D eigenvalue weighted by Gasteiger charge is -2.54. The minimum atomic E-state index is 0. The second-order valence-corrected chi connectivity index (χ2v) is 28.5. The molecular formula is C79H116O9. The number of carbonyl (C=O) groups excluding carboxylic acids is 9. The predicted octanol–water partition coefficient (Wildman–Crippen LogP) is 19.1. The number of fused-ring (bicyclic) bond motifs is 3. The number of ketones is 9. The lowest BCUT2D eigenvalue weighted by atomic mass is 9.49. The van der Waals surface area contributed by atoms with Crippen LogP contribution in [0, 0.1) is 64.1 Å². The lowest BCUT2D eigenvalue weighted by Crippen LogP contribution is -2.51. The van der Waals surface area contributed by atoms with E-state index < -0.39 is 0 Å². The van der Waals surface area contributed by atoms with E-state index in [2.05, 4.69) is 73.3 Å². The molecule has 8 atom stereocenters. The van der Waals surface area contributed by atoms with Gasteiger partial charge >= 0.3 is 0 Å². The van der Waals surface area contributed by atoms with E-state index in [1.54, 1.807) is 36.5 Å². The molecule has 0 N–H and O–H groups in total. The average Bonchev–Trinajstić information content (AvgIpc) is 0.864. The lowest BCUT2D eigenvalue weighted by molar-refractivity contribution is -0.134. The molecule has 3 saturated carbocycles. The van der Waals surface area contributed by atoms with E-state index in [4.69, 9.17) is 0 Å². The first-order chi connectivity index (χ1) is 41.2. The Morgan fingerprint density at radius 2 is 1.10 bits per heavy atom. The number of carbonyl (C=O) groups is 9. The van der Waals surface area contributed by atoms with E-state index in [1.165, 1.54) is 68.9 Å². The van der Waals surface area contributed by atoms with Gasteiger partial charge in [-0.05, 0) is 237 Å². The normalized spacial score (nSPS) is 28.7. The molecule has 3 fully saturated rings. The van der Waals surface area contributed by atoms with Crippen molar-refractivity contribution in [1.29, 1.82) is 0 Å². The summed E-state index contributed by atoms with van der Waals surface area (Å²) in [5.41, 5.74) is 5.99. The fourth-order valence-corrected chi connectivity index (χ4v) is 13.9. The van der Waals surface area contributed by atoms with E-state index in [0.717, 1.165) is 125 Å². The van der Waals surface area contributed by atoms with Crippen LogP contribution in [0.1, 0.15) is 257 Å². The van der Waals surface area contributed by atoms with Crippen LogP contribution in [0.2, 0.25) is 0 Å². The Morgan fingerprint density at radius 1 is 0.523 bits per heavy atom. The summed E-state index contributed by atoms with van der Waals surface area (Å²) in [7, 11) is 0. The molecular weight excluding hydrogens is 1090 g/mol. The Balaban J connectivity index is 0.000000260. The molecule has 0 radical (unpaired) electrons. The molecule has 0 aromatic heterocycles. The van der Waals surface area contributed by atoms with Crippen molar-refractivity contribution in [2.75, 3.05) is 0 Å². The molecule has 13 aliphatic rings. The van der Waals surface area contributed by atoms with Gasteiger partial charge in [0.05, 0.1) is 0 Å². The summed E-state index contributed by atoms with van der Waals surface area (Å²) in [6, 6.07) is 0. The molecule has 0 aliphatic heterocycles. The molecule has 0 amide bonds. The van der Waals surface area contributed by atoms with E-state index in [9.17, 15) is 43.2 Å². The van der Waals surface area contributed by atoms with Crippen molar-refractivity contribution in [2.24, 2.45) is 64.1 Å². The number of hydrogen-bond acceptors (Lipinski definition) is 9. The smallest absolute Gasteiger partial charge is 0.159 e. The molecule has 2 bridgehead atoms. The molecule has 8 unspecified atom stereocenters. The Morgan fingerprint density at radius 3 is 1.61 bits per heavy atom. The molecule has 13 aliphatic carbocycles. The van der Waals surface area contributed by atoms with Crippen molar-refractivity contribution in [2.45, 2.75) is 257 Å². The molecule has 0 heterocycles. The van der Waals surface area contributed by atoms with Crippen LogP contribution in [0.5, 0.6) is 0 Å². The third-order valence-electron chi connectivity index (χ3n) is 19.7. The highest BCUT2D eigenvalue weighted by molar-refractivity contribution is 5.97. The van der Waals surface area contributed by atoms with Gasteiger partial charge in [0.2, 0.25) is 0 Å². The Bertz CT molecular complexity index is 2700. The number of allylic oxidation sites excluding steroid dienone is 19. The third kappa shape index (κ3) is 27.3. The highest BCUT2D eigenvalue weighted by Gasteiger charge is 2.54. The predicted molar refractivity (Wildman–Crippen MR) is 362 cm³/mol. The third-order valence-corrected chi connectivity index (χ3v) is 19.7. The van der Waals surface area contributed by atoms with Gasteiger partial charge in [-0.3, -0.25) is 43.2 Å². The van der Waals surface area contributed by atoms with Gasteiger partial charge in [-0.2, -0.15) is 0 Å². The molecule has 9 heteroatoms. The fraction of sp³-hybridized carbons (Fsp3) is 0.633. The highest BCUT2D eigenvalue weighted by atomic mass is 16.2. The topological polar surface area (TPSA) is 154 Å². The molecule has 13 rings (SSSR count). The van der Waals surface area contributed by atoms with E-state index >= 15 is 0 Å². The molecule has 88 heavy (non-hydrogen) atoms. The van der Waals surface area contributed by atoms with Gasteiger partial charge in [-0.25, -0.2) is 0 Å². The Kier molecular flexibility index (Phi) is 33.9. The van der Waals surface area contributed by atoms with Gasteiger partial charge in [0.25, 0.3) is 0 Å². The minimum absolute atomic E-state index is 0. The molecule has 486 valence electrons. The summed E-state index contributed by atoms with van der Waals surface area (Å²) in [5.74, 6) is 8.02. The van der Waals surface area contributed by atoms with Gasteiger partial charge in [0, 0.05) is 56.8 Å². The van der Waals surface area contributed by atoms with Crippen LogP contribution < -0.4 is 0 Å². The van der Waals surface area contributed by atoms with Crippen molar-refractivity contribution in [3.63, 3.8) is 0 Å². The van der Waals surface area contributed by atoms with Gasteiger partial charge in [0.15, 0.2) is 52.0 Å². The van der Waals surface area contributed by atoms with Crippen LogP contribution in [0.4, 0.5) is 0 Å². The SMILES string of the molecule is C.C=C(C)C1CC=C(C)C(=O)C1.CC1=CC(=O)C2CC1C2(C)C.CC1=CC(=O)CC(C)(C)C1.CC1=CCC(C(C)C)CC1=O.O=C1/C=C\CCCCC1.O=C1C=CC2CCCCC2C1.O=C1C=CCC1.O=C1C=CCC2CCCCC12.O=C1C=CCCC1. The zero-order valence-electron chi connectivity index (χ0n) is 55.8. The molecule has 0 aromatic rings. The number of rotatable bonds is 2. The quantitative estimate of drug-likeness (QED) is 0.246. The zero-order chi connectivity index (χ0) is 64.3. The van der Waals surface area contributed by atoms with Crippen molar-refractivity contribution < 1.29 is 43.2 Å². The van der Waals surface area contributed by atoms with Gasteiger partial charge < -0.3 is 0 Å². The average molecular weight is 1210 g/mol. The summed E-state index contributed by atoms with van der Waals surface area (Å²) >= 11 is 0. The zero-order valence-corrected chi connectivity index (χ0v) is 55.8. The fourth-order valence-electron chi connectivity index (χ4n) is 13.9. The molecule has 0 saturated heterocycles. The maximum absolute atomic E-state index is 11.4. The summed E-state index contributed by atoms with van der Waals surface area (Å²) in [6.07, 6.45) is 55.0. The number of hydrogen-bond donors (Lipinski definition) is 0. The van der Waals surface area contributed by atoms with E-state index in [1.807, 2.05) is 58.1 Å². The summed E-state index contributed by atoms with van der Waals surface area (Å²) in [4.78, 5) is 98.5. The maximum Gasteiger partial charge on any atom is 0.159 e. The first kappa shape index (κ1) is 76.7. The van der Waals surface area contributed by atoms with Crippen LogP contribution >= 0.6 is 0 Å². The van der Waals surface area contributed by atoms with Crippen molar-refractivity contribution in [3.8, 4) is 0 Å². The monoisotopic (exact) mass is 1210 g/mol. The molecule has 0 aromatic carbocycles. The van der Waals surface area contributed by atoms with Gasteiger partial charge in [-0.15, -0.1) is 0 Å². The number of Topliss-reactive ketones (excluding diaryl/α,β-unsaturated/α-hetero) is 2. The highest BCUT2D eigenvalue weighted by Crippen LogP contribution is 2.57. The van der Waals surface area contributed by atoms with Crippen molar-refractivity contribution in [3.05, 3.63) is 120 Å². The van der Waals surface area contributed by atoms with Crippen LogP contribution in [0.3, 0.4) is 0 Å². The van der Waals surface area contributed by atoms with Gasteiger partial charge in [-0.1, -0.05) is 147 Å². The molecule has 0 spiro atoms. The van der Waals surface area contributed by atoms with E-state index in [-0.39, 0.29) is 41.4 Å². The van der Waals surface area contributed by atoms with Crippen molar-refractivity contribution >= 4 is 52.0 Å². The summed E-state index contributed by atoms with van der Waals surface area (Å²) in [5, 5.41) is 0. The van der Waals surface area contributed by atoms with Crippen molar-refractivity contribution in [1.82, 2.24) is 0 Å². The minimum Gasteiger partial charge on any atom is -0.295 e. The second kappa shape index (κ2) is 38.9. The van der Waals surface area contributed by atoms with Crippen LogP contribution in [0.15, 0.2) is 120 Å². The largest absolute Gasteiger partial charge is 0.295 e. The summed E-state index contributed by atoms with van der Waals surface area (Å²) in [6.45, 7) is 26.8. The maximum atomic E-state index is 11.4. The summed E-state index contributed by atoms with van der Waals surface area (Å²) < 4.78 is 0. The molecule has 9 nitrogen and oxygen atoms in total. The second-order valence-electron chi connectivity index (χ2n) is 28.5. The van der Waals surface area contributed by atoms with Gasteiger partial charge in [0.1, 0.15) is 0 Å². The standard InChI is InChI=1S/3C10H14O.C10H16O.C10H14O.C9H14O.C8H12O.C6H8O.C5H6O.CH4/c1-6-4-9(11)8-5-7(6)10(8,2)3;11-10-7-3-5-8-4-1-2-6-9(8)10;11-10-6-5-8-3-1-2-4-9(8)7-10;2*1-7(2)9-5-4-8(3)10(11)6-9;1-7-4-8(10)6-9(2,3)5-7;9-8-6-4-2-1-3-5-7-8;7-6-4-2-1-3-5-6;6-5-3-1-2-4-5;/h4,7-8H,5H2,1-3H3;3,7-9H,1-2,4-6H2;5-6,8-9H,1-4,7H2;4,7,9H,5-6H2,1-3H3;4,9H,1,5-6H2,2-3H3;4H,5-6H2,1-3H3;4,6H,1-3,5,7H2;2,4H,1,3,5H2;1,3H,2,4H2;1H4/b;;;;;;6-4-;;;. The van der Waals surface area contributed by atoms with Crippen LogP contribution in [-0.2, 0) is 43.2 Å². The van der Waals surface area contributed by atoms with E-state index in [0.29, 0.717) is 89.1 Å². The Labute approximate surface area is 533 Å².